The van der Waals surface area contributed by atoms with E-state index in [9.17, 15) is 14.4 Å². The summed E-state index contributed by atoms with van der Waals surface area (Å²) in [6.07, 6.45) is 3.78. The summed E-state index contributed by atoms with van der Waals surface area (Å²) in [6, 6.07) is 5.48. The molecule has 0 atom stereocenters. The van der Waals surface area contributed by atoms with E-state index in [1.165, 1.54) is 6.92 Å². The van der Waals surface area contributed by atoms with Gasteiger partial charge < -0.3 is 14.7 Å². The van der Waals surface area contributed by atoms with Crippen LogP contribution in [0.4, 0.5) is 0 Å². The molecule has 0 spiro atoms. The number of carbonyl (C=O) groups excluding carboxylic acids is 3. The minimum Gasteiger partial charge on any atom is -0.339 e. The molecule has 2 fully saturated rings. The molecule has 0 N–H and O–H groups in total. The Kier molecular flexibility index (Phi) is 4.55. The quantitative estimate of drug-likeness (QED) is 0.787. The van der Waals surface area contributed by atoms with Gasteiger partial charge in [0.15, 0.2) is 5.69 Å². The first-order valence-electron chi connectivity index (χ1n) is 9.37. The summed E-state index contributed by atoms with van der Waals surface area (Å²) in [5, 5.41) is 0. The number of amides is 3. The smallest absolute Gasteiger partial charge is 0.290 e. The predicted molar refractivity (Wildman–Crippen MR) is 98.5 cm³/mol. The van der Waals surface area contributed by atoms with E-state index in [4.69, 9.17) is 0 Å². The summed E-state index contributed by atoms with van der Waals surface area (Å²) in [6.45, 7) is 4.99. The monoisotopic (exact) mass is 369 g/mol. The van der Waals surface area contributed by atoms with Crippen LogP contribution in [-0.4, -0.2) is 81.1 Å². The zero-order chi connectivity index (χ0) is 19.0. The van der Waals surface area contributed by atoms with E-state index < -0.39 is 0 Å². The van der Waals surface area contributed by atoms with E-state index in [1.54, 1.807) is 25.3 Å². The van der Waals surface area contributed by atoms with Crippen molar-refractivity contribution >= 4 is 23.2 Å². The Morgan fingerprint density at radius 3 is 2.15 bits per heavy atom. The molecule has 8 heteroatoms. The number of imidazole rings is 1. The number of rotatable bonds is 2. The van der Waals surface area contributed by atoms with Gasteiger partial charge in [0.2, 0.25) is 11.7 Å². The standard InChI is InChI=1S/C19H23N5O3/c1-14(25)21-10-12-23(13-11-21)18(26)16-15-6-2-3-9-24(15)17(20-16)19(27)22-7-4-5-8-22/h2-3,6,9H,4-5,7-8,10-13H2,1H3. The molecule has 3 amide bonds. The van der Waals surface area contributed by atoms with E-state index >= 15 is 0 Å². The highest BCUT2D eigenvalue weighted by Gasteiger charge is 2.30. The first-order chi connectivity index (χ1) is 13.1. The van der Waals surface area contributed by atoms with Gasteiger partial charge in [-0.3, -0.25) is 18.8 Å². The number of aromatic nitrogens is 2. The topological polar surface area (TPSA) is 78.2 Å². The first kappa shape index (κ1) is 17.5. The minimum absolute atomic E-state index is 0.0213. The number of pyridine rings is 1. The van der Waals surface area contributed by atoms with Crippen molar-refractivity contribution < 1.29 is 14.4 Å². The Morgan fingerprint density at radius 2 is 1.48 bits per heavy atom. The molecule has 142 valence electrons. The molecular weight excluding hydrogens is 346 g/mol. The van der Waals surface area contributed by atoms with Crippen molar-refractivity contribution in [2.45, 2.75) is 19.8 Å². The first-order valence-corrected chi connectivity index (χ1v) is 9.37. The van der Waals surface area contributed by atoms with E-state index in [1.807, 2.05) is 18.2 Å². The summed E-state index contributed by atoms with van der Waals surface area (Å²) >= 11 is 0. The molecule has 2 aromatic heterocycles. The van der Waals surface area contributed by atoms with Crippen molar-refractivity contribution in [3.63, 3.8) is 0 Å². The number of hydrogen-bond acceptors (Lipinski definition) is 4. The van der Waals surface area contributed by atoms with Crippen molar-refractivity contribution in [1.82, 2.24) is 24.1 Å². The Hall–Kier alpha value is -2.90. The number of nitrogens with zero attached hydrogens (tertiary/aromatic N) is 5. The number of hydrogen-bond donors (Lipinski definition) is 0. The lowest BCUT2D eigenvalue weighted by Gasteiger charge is -2.33. The minimum atomic E-state index is -0.192. The van der Waals surface area contributed by atoms with Crippen LogP contribution in [0.1, 0.15) is 40.9 Å². The Bertz CT molecular complexity index is 892. The van der Waals surface area contributed by atoms with Gasteiger partial charge in [0.25, 0.3) is 11.8 Å². The normalized spacial score (nSPS) is 17.6. The molecule has 0 bridgehead atoms. The lowest BCUT2D eigenvalue weighted by atomic mass is 10.2. The highest BCUT2D eigenvalue weighted by Crippen LogP contribution is 2.19. The van der Waals surface area contributed by atoms with Gasteiger partial charge in [0.05, 0.1) is 5.52 Å². The Morgan fingerprint density at radius 1 is 0.852 bits per heavy atom. The molecule has 8 nitrogen and oxygen atoms in total. The third kappa shape index (κ3) is 3.15. The second-order valence-electron chi connectivity index (χ2n) is 7.04. The number of fused-ring (bicyclic) bond motifs is 1. The van der Waals surface area contributed by atoms with Crippen LogP contribution in [-0.2, 0) is 4.79 Å². The van der Waals surface area contributed by atoms with Crippen molar-refractivity contribution in [1.29, 1.82) is 0 Å². The van der Waals surface area contributed by atoms with Gasteiger partial charge in [-0.1, -0.05) is 6.07 Å². The van der Waals surface area contributed by atoms with Gasteiger partial charge in [-0.15, -0.1) is 0 Å². The van der Waals surface area contributed by atoms with Gasteiger partial charge in [-0.25, -0.2) is 4.98 Å². The molecule has 4 rings (SSSR count). The van der Waals surface area contributed by atoms with Crippen molar-refractivity contribution in [2.75, 3.05) is 39.3 Å². The van der Waals surface area contributed by atoms with Crippen LogP contribution in [0.5, 0.6) is 0 Å². The molecule has 0 aromatic carbocycles. The second-order valence-corrected chi connectivity index (χ2v) is 7.04. The lowest BCUT2D eigenvalue weighted by molar-refractivity contribution is -0.130. The van der Waals surface area contributed by atoms with Crippen molar-refractivity contribution in [3.05, 3.63) is 35.9 Å². The zero-order valence-corrected chi connectivity index (χ0v) is 15.4. The third-order valence-electron chi connectivity index (χ3n) is 5.35. The van der Waals surface area contributed by atoms with Crippen LogP contribution in [0.3, 0.4) is 0 Å². The summed E-state index contributed by atoms with van der Waals surface area (Å²) in [7, 11) is 0. The largest absolute Gasteiger partial charge is 0.339 e. The van der Waals surface area contributed by atoms with Crippen LogP contribution in [0.25, 0.3) is 5.52 Å². The van der Waals surface area contributed by atoms with Crippen LogP contribution in [0.2, 0.25) is 0 Å². The van der Waals surface area contributed by atoms with E-state index in [-0.39, 0.29) is 17.7 Å². The average molecular weight is 369 g/mol. The molecule has 0 unspecified atom stereocenters. The summed E-state index contributed by atoms with van der Waals surface area (Å²) in [4.78, 5) is 47.1. The number of likely N-dealkylation sites (tertiary alicyclic amines) is 1. The fraction of sp³-hybridized carbons (Fsp3) is 0.474. The molecule has 0 aliphatic carbocycles. The van der Waals surface area contributed by atoms with Gasteiger partial charge in [-0.05, 0) is 25.0 Å². The van der Waals surface area contributed by atoms with Crippen LogP contribution in [0.15, 0.2) is 24.4 Å². The number of piperazine rings is 1. The molecule has 27 heavy (non-hydrogen) atoms. The molecule has 0 radical (unpaired) electrons. The van der Waals surface area contributed by atoms with Gasteiger partial charge in [-0.2, -0.15) is 0 Å². The molecular formula is C19H23N5O3. The summed E-state index contributed by atoms with van der Waals surface area (Å²) in [5.41, 5.74) is 0.938. The lowest BCUT2D eigenvalue weighted by Crippen LogP contribution is -2.50. The molecule has 2 aliphatic heterocycles. The molecule has 2 saturated heterocycles. The molecule has 2 aromatic rings. The van der Waals surface area contributed by atoms with Gasteiger partial charge in [0, 0.05) is 52.4 Å². The maximum absolute atomic E-state index is 13.1. The molecule has 4 heterocycles. The summed E-state index contributed by atoms with van der Waals surface area (Å²) < 4.78 is 1.71. The maximum Gasteiger partial charge on any atom is 0.290 e. The SMILES string of the molecule is CC(=O)N1CCN(C(=O)c2nc(C(=O)N3CCCC3)n3ccccc23)CC1. The van der Waals surface area contributed by atoms with Crippen LogP contribution >= 0.6 is 0 Å². The van der Waals surface area contributed by atoms with Crippen molar-refractivity contribution in [2.24, 2.45) is 0 Å². The van der Waals surface area contributed by atoms with Crippen molar-refractivity contribution in [3.8, 4) is 0 Å². The highest BCUT2D eigenvalue weighted by molar-refractivity contribution is 6.02. The molecule has 2 aliphatic rings. The maximum atomic E-state index is 13.1. The Labute approximate surface area is 157 Å². The van der Waals surface area contributed by atoms with Crippen LogP contribution in [0, 0.1) is 0 Å². The third-order valence-corrected chi connectivity index (χ3v) is 5.35. The molecule has 0 saturated carbocycles. The van der Waals surface area contributed by atoms with Gasteiger partial charge >= 0.3 is 0 Å². The van der Waals surface area contributed by atoms with E-state index in [2.05, 4.69) is 4.98 Å². The summed E-state index contributed by atoms with van der Waals surface area (Å²) in [5.74, 6) is -0.0113. The van der Waals surface area contributed by atoms with Gasteiger partial charge in [0.1, 0.15) is 0 Å². The fourth-order valence-corrected chi connectivity index (χ4v) is 3.78. The van der Waals surface area contributed by atoms with E-state index in [0.717, 1.165) is 25.9 Å². The second kappa shape index (κ2) is 7.02. The van der Waals surface area contributed by atoms with E-state index in [0.29, 0.717) is 43.2 Å². The van der Waals surface area contributed by atoms with Crippen LogP contribution < -0.4 is 0 Å². The fourth-order valence-electron chi connectivity index (χ4n) is 3.78. The predicted octanol–water partition coefficient (Wildman–Crippen LogP) is 0.875. The zero-order valence-electron chi connectivity index (χ0n) is 15.4. The highest BCUT2D eigenvalue weighted by atomic mass is 16.2. The number of carbonyl (C=O) groups is 3. The average Bonchev–Trinajstić information content (AvgIpc) is 3.35. The Balaban J connectivity index is 1.63.